The molecule has 3 heterocycles. The van der Waals surface area contributed by atoms with Crippen molar-refractivity contribution in [3.8, 4) is 5.75 Å². The fourth-order valence-electron chi connectivity index (χ4n) is 3.19. The summed E-state index contributed by atoms with van der Waals surface area (Å²) in [5.41, 5.74) is 3.18. The van der Waals surface area contributed by atoms with E-state index >= 15 is 0 Å². The van der Waals surface area contributed by atoms with Crippen LogP contribution in [0.1, 0.15) is 34.7 Å². The number of aliphatic hydroxyl groups excluding tert-OH is 1. The van der Waals surface area contributed by atoms with Gasteiger partial charge in [0.2, 0.25) is 0 Å². The largest absolute Gasteiger partial charge is 0.434 e. The molecule has 5 nitrogen and oxygen atoms in total. The lowest BCUT2D eigenvalue weighted by Crippen LogP contribution is -2.23. The summed E-state index contributed by atoms with van der Waals surface area (Å²) >= 11 is 3.49. The molecule has 0 saturated carbocycles. The Morgan fingerprint density at radius 2 is 2.15 bits per heavy atom. The molecule has 0 spiro atoms. The first-order chi connectivity index (χ1) is 12.5. The molecule has 0 fully saturated rings. The molecular weight excluding hydrogens is 410 g/mol. The van der Waals surface area contributed by atoms with Gasteiger partial charge in [-0.05, 0) is 40.5 Å². The Morgan fingerprint density at radius 3 is 2.92 bits per heavy atom. The number of nitrogens with zero attached hydrogens (tertiary/aromatic N) is 2. The van der Waals surface area contributed by atoms with E-state index in [0.717, 1.165) is 10.0 Å². The molecule has 4 rings (SSSR count). The number of hydrogen-bond donors (Lipinski definition) is 1. The molecule has 2 atom stereocenters. The van der Waals surface area contributed by atoms with Gasteiger partial charge < -0.3 is 14.6 Å². The van der Waals surface area contributed by atoms with Gasteiger partial charge in [0.05, 0.1) is 18.0 Å². The van der Waals surface area contributed by atoms with E-state index in [2.05, 4.69) is 25.7 Å². The molecule has 136 valence electrons. The maximum Gasteiger partial charge on any atom is 0.387 e. The number of aliphatic hydroxyl groups is 1. The third-order valence-electron chi connectivity index (χ3n) is 4.37. The van der Waals surface area contributed by atoms with Crippen molar-refractivity contribution >= 4 is 21.6 Å². The third kappa shape index (κ3) is 2.87. The van der Waals surface area contributed by atoms with E-state index in [1.807, 2.05) is 19.2 Å². The van der Waals surface area contributed by atoms with Gasteiger partial charge in [-0.25, -0.2) is 4.98 Å². The van der Waals surface area contributed by atoms with E-state index in [-0.39, 0.29) is 12.4 Å². The number of hydrogen-bond acceptors (Lipinski definition) is 4. The Morgan fingerprint density at radius 1 is 1.38 bits per heavy atom. The minimum atomic E-state index is -2.94. The monoisotopic (exact) mass is 424 g/mol. The Hall–Kier alpha value is -2.03. The van der Waals surface area contributed by atoms with Crippen LogP contribution in [0.3, 0.4) is 0 Å². The van der Waals surface area contributed by atoms with Gasteiger partial charge in [-0.3, -0.25) is 4.40 Å². The molecule has 0 bridgehead atoms. The zero-order chi connectivity index (χ0) is 18.4. The van der Waals surface area contributed by atoms with Crippen LogP contribution in [0.2, 0.25) is 0 Å². The van der Waals surface area contributed by atoms with E-state index < -0.39 is 18.8 Å². The number of pyridine rings is 1. The zero-order valence-electron chi connectivity index (χ0n) is 13.7. The van der Waals surface area contributed by atoms with E-state index in [0.29, 0.717) is 22.6 Å². The van der Waals surface area contributed by atoms with Crippen molar-refractivity contribution < 1.29 is 23.4 Å². The van der Waals surface area contributed by atoms with Gasteiger partial charge in [0, 0.05) is 16.2 Å². The van der Waals surface area contributed by atoms with Crippen molar-refractivity contribution in [3.05, 3.63) is 63.5 Å². The number of fused-ring (bicyclic) bond motifs is 3. The predicted octanol–water partition coefficient (Wildman–Crippen LogP) is 4.16. The molecule has 3 aromatic rings. The second kappa shape index (κ2) is 6.61. The van der Waals surface area contributed by atoms with E-state index in [1.54, 1.807) is 22.6 Å². The summed E-state index contributed by atoms with van der Waals surface area (Å²) in [5.74, 6) is 0.0379. The highest BCUT2D eigenvalue weighted by Gasteiger charge is 2.34. The molecule has 2 aromatic heterocycles. The highest BCUT2D eigenvalue weighted by molar-refractivity contribution is 9.10. The number of halogens is 3. The summed E-state index contributed by atoms with van der Waals surface area (Å²) in [5, 5.41) is 10.3. The summed E-state index contributed by atoms with van der Waals surface area (Å²) in [6.07, 6.45) is 0.262. The van der Waals surface area contributed by atoms with Crippen molar-refractivity contribution in [2.75, 3.05) is 6.61 Å². The van der Waals surface area contributed by atoms with E-state index in [4.69, 9.17) is 4.74 Å². The number of para-hydroxylation sites is 1. The average Bonchev–Trinajstić information content (AvgIpc) is 2.95. The standard InChI is InChI=1S/C18H15BrF2N2O3/c1-9-6-14-22-15-12(24)8-25-17(16(15)23(14)7-11(9)19)10-4-2-3-5-13(10)26-18(20)21/h2-7,12,17-18,24H,8H2,1H3. The fourth-order valence-corrected chi connectivity index (χ4v) is 3.50. The van der Waals surface area contributed by atoms with Crippen LogP contribution in [0.4, 0.5) is 8.78 Å². The molecule has 8 heteroatoms. The molecule has 1 aliphatic rings. The van der Waals surface area contributed by atoms with Crippen LogP contribution in [0.5, 0.6) is 5.75 Å². The van der Waals surface area contributed by atoms with Crippen molar-refractivity contribution in [3.63, 3.8) is 0 Å². The predicted molar refractivity (Wildman–Crippen MR) is 93.5 cm³/mol. The van der Waals surface area contributed by atoms with Crippen molar-refractivity contribution in [2.45, 2.75) is 25.7 Å². The maximum absolute atomic E-state index is 12.8. The minimum Gasteiger partial charge on any atom is -0.434 e. The average molecular weight is 425 g/mol. The van der Waals surface area contributed by atoms with Crippen LogP contribution in [0.15, 0.2) is 41.0 Å². The van der Waals surface area contributed by atoms with Crippen LogP contribution in [-0.2, 0) is 4.74 Å². The third-order valence-corrected chi connectivity index (χ3v) is 5.20. The van der Waals surface area contributed by atoms with Crippen LogP contribution in [0, 0.1) is 6.92 Å². The lowest BCUT2D eigenvalue weighted by Gasteiger charge is -2.28. The van der Waals surface area contributed by atoms with Gasteiger partial charge in [-0.1, -0.05) is 18.2 Å². The fraction of sp³-hybridized carbons (Fsp3) is 0.278. The van der Waals surface area contributed by atoms with Crippen LogP contribution in [-0.4, -0.2) is 27.7 Å². The second-order valence-corrected chi connectivity index (χ2v) is 6.91. The first kappa shape index (κ1) is 17.4. The molecule has 0 radical (unpaired) electrons. The number of aromatic nitrogens is 2. The van der Waals surface area contributed by atoms with Crippen LogP contribution >= 0.6 is 15.9 Å². The second-order valence-electron chi connectivity index (χ2n) is 6.06. The Bertz CT molecular complexity index is 976. The Labute approximate surface area is 156 Å². The lowest BCUT2D eigenvalue weighted by atomic mass is 9.99. The van der Waals surface area contributed by atoms with Crippen molar-refractivity contribution in [1.29, 1.82) is 0 Å². The van der Waals surface area contributed by atoms with Gasteiger partial charge in [0.1, 0.15) is 23.6 Å². The number of rotatable bonds is 3. The van der Waals surface area contributed by atoms with Crippen molar-refractivity contribution in [2.24, 2.45) is 0 Å². The van der Waals surface area contributed by atoms with E-state index in [1.165, 1.54) is 6.07 Å². The van der Waals surface area contributed by atoms with E-state index in [9.17, 15) is 13.9 Å². The smallest absolute Gasteiger partial charge is 0.387 e. The number of imidazole rings is 1. The summed E-state index contributed by atoms with van der Waals surface area (Å²) in [4.78, 5) is 4.53. The Kier molecular flexibility index (Phi) is 4.42. The highest BCUT2D eigenvalue weighted by Crippen LogP contribution is 2.41. The maximum atomic E-state index is 12.8. The Balaban J connectivity index is 1.92. The summed E-state index contributed by atoms with van der Waals surface area (Å²) < 4.78 is 38.7. The number of benzene rings is 1. The first-order valence-electron chi connectivity index (χ1n) is 7.97. The highest BCUT2D eigenvalue weighted by atomic mass is 79.9. The normalized spacial score (nSPS) is 19.8. The zero-order valence-corrected chi connectivity index (χ0v) is 15.3. The molecule has 0 aliphatic carbocycles. The quantitative estimate of drug-likeness (QED) is 0.685. The summed E-state index contributed by atoms with van der Waals surface area (Å²) in [6, 6.07) is 8.37. The van der Waals surface area contributed by atoms with Crippen LogP contribution in [0.25, 0.3) is 5.65 Å². The topological polar surface area (TPSA) is 56.0 Å². The number of alkyl halides is 2. The molecule has 2 unspecified atom stereocenters. The number of aryl methyl sites for hydroxylation is 1. The minimum absolute atomic E-state index is 0.0186. The molecule has 1 aromatic carbocycles. The van der Waals surface area contributed by atoms with Gasteiger partial charge in [0.25, 0.3) is 0 Å². The van der Waals surface area contributed by atoms with Gasteiger partial charge in [-0.15, -0.1) is 0 Å². The van der Waals surface area contributed by atoms with Crippen LogP contribution < -0.4 is 4.74 Å². The molecule has 0 amide bonds. The van der Waals surface area contributed by atoms with Crippen molar-refractivity contribution in [1.82, 2.24) is 9.38 Å². The number of ether oxygens (including phenoxy) is 2. The lowest BCUT2D eigenvalue weighted by molar-refractivity contribution is -0.0548. The molecule has 0 saturated heterocycles. The first-order valence-corrected chi connectivity index (χ1v) is 8.76. The van der Waals surface area contributed by atoms with Gasteiger partial charge in [-0.2, -0.15) is 8.78 Å². The SMILES string of the molecule is Cc1cc2nc3c(n2cc1Br)C(c1ccccc1OC(F)F)OCC3O. The molecule has 1 N–H and O–H groups in total. The molecule has 26 heavy (non-hydrogen) atoms. The summed E-state index contributed by atoms with van der Waals surface area (Å²) in [6.45, 7) is -0.984. The van der Waals surface area contributed by atoms with Gasteiger partial charge in [0.15, 0.2) is 0 Å². The molecular formula is C18H15BrF2N2O3. The molecule has 1 aliphatic heterocycles. The summed E-state index contributed by atoms with van der Waals surface area (Å²) in [7, 11) is 0. The van der Waals surface area contributed by atoms with Gasteiger partial charge >= 0.3 is 6.61 Å².